The van der Waals surface area contributed by atoms with Gasteiger partial charge in [0.2, 0.25) is 0 Å². The van der Waals surface area contributed by atoms with Crippen molar-refractivity contribution in [2.75, 3.05) is 26.3 Å². The molecule has 8 heteroatoms. The maximum Gasteiger partial charge on any atom is 0.422 e. The van der Waals surface area contributed by atoms with Crippen molar-refractivity contribution >= 4 is 22.9 Å². The minimum Gasteiger partial charge on any atom is -0.464 e. The van der Waals surface area contributed by atoms with Crippen LogP contribution < -0.4 is 0 Å². The summed E-state index contributed by atoms with van der Waals surface area (Å²) in [5.41, 5.74) is 2.00. The van der Waals surface area contributed by atoms with Gasteiger partial charge < -0.3 is 23.7 Å². The Balaban J connectivity index is 1.26. The summed E-state index contributed by atoms with van der Waals surface area (Å²) < 4.78 is 21.0. The smallest absolute Gasteiger partial charge is 0.422 e. The molecular formula is C18H19NO7. The van der Waals surface area contributed by atoms with Gasteiger partial charge in [-0.25, -0.2) is 14.5 Å². The molecule has 138 valence electrons. The molecule has 2 aliphatic rings. The molecule has 2 fully saturated rings. The first kappa shape index (κ1) is 17.0. The molecule has 2 aliphatic heterocycles. The summed E-state index contributed by atoms with van der Waals surface area (Å²) in [6.45, 7) is 1.70. The van der Waals surface area contributed by atoms with Crippen molar-refractivity contribution in [2.45, 2.75) is 24.9 Å². The van der Waals surface area contributed by atoms with Crippen molar-refractivity contribution in [1.82, 2.24) is 4.90 Å². The third-order valence-electron chi connectivity index (χ3n) is 4.74. The molecule has 4 rings (SSSR count). The van der Waals surface area contributed by atoms with Gasteiger partial charge in [-0.1, -0.05) is 6.07 Å². The highest BCUT2D eigenvalue weighted by Gasteiger charge is 2.61. The fourth-order valence-corrected chi connectivity index (χ4v) is 3.37. The van der Waals surface area contributed by atoms with Crippen molar-refractivity contribution in [3.8, 4) is 0 Å². The van der Waals surface area contributed by atoms with E-state index in [0.717, 1.165) is 23.0 Å². The summed E-state index contributed by atoms with van der Waals surface area (Å²) >= 11 is 0. The topological polar surface area (TPSA) is 98.4 Å². The average molecular weight is 361 g/mol. The van der Waals surface area contributed by atoms with Gasteiger partial charge in [-0.3, -0.25) is 0 Å². The van der Waals surface area contributed by atoms with Crippen LogP contribution in [0.5, 0.6) is 0 Å². The van der Waals surface area contributed by atoms with Gasteiger partial charge in [0.15, 0.2) is 0 Å². The molecule has 0 amide bonds. The predicted octanol–water partition coefficient (Wildman–Crippen LogP) is 0.812. The summed E-state index contributed by atoms with van der Waals surface area (Å²) in [6, 6.07) is 7.91. The third-order valence-corrected chi connectivity index (χ3v) is 4.74. The van der Waals surface area contributed by atoms with Gasteiger partial charge in [0.05, 0.1) is 19.5 Å². The molecule has 0 bridgehead atoms. The normalized spacial score (nSPS) is 22.3. The lowest BCUT2D eigenvalue weighted by Gasteiger charge is -2.32. The van der Waals surface area contributed by atoms with Gasteiger partial charge in [-0.05, 0) is 36.6 Å². The van der Waals surface area contributed by atoms with E-state index < -0.39 is 24.0 Å². The molecule has 1 unspecified atom stereocenters. The molecule has 1 aromatic carbocycles. The molecule has 3 heterocycles. The van der Waals surface area contributed by atoms with E-state index in [4.69, 9.17) is 18.6 Å². The number of esters is 2. The molecular weight excluding hydrogens is 342 g/mol. The van der Waals surface area contributed by atoms with E-state index in [9.17, 15) is 14.7 Å². The highest BCUT2D eigenvalue weighted by Crippen LogP contribution is 2.36. The van der Waals surface area contributed by atoms with E-state index in [1.165, 1.54) is 0 Å². The molecule has 1 atom stereocenters. The highest BCUT2D eigenvalue weighted by molar-refractivity contribution is 6.31. The van der Waals surface area contributed by atoms with E-state index in [2.05, 4.69) is 6.07 Å². The zero-order chi connectivity index (χ0) is 18.1. The maximum atomic E-state index is 11.4. The van der Waals surface area contributed by atoms with Crippen LogP contribution >= 0.6 is 0 Å². The first-order valence-corrected chi connectivity index (χ1v) is 8.52. The molecule has 0 aliphatic carbocycles. The standard InChI is InChI=1S/C18H19NO7/c20-15-3-6-19(18(15)25-16(21)17(22)26-18)7-10-23-8-4-12-1-2-14-13(11-12)5-9-24-14/h1-2,5,9,11,15,20H,3-4,6-8,10H2. The quantitative estimate of drug-likeness (QED) is 0.459. The maximum absolute atomic E-state index is 11.4. The van der Waals surface area contributed by atoms with Gasteiger partial charge >= 0.3 is 17.8 Å². The molecule has 1 aromatic heterocycles. The second-order valence-electron chi connectivity index (χ2n) is 6.36. The summed E-state index contributed by atoms with van der Waals surface area (Å²) in [7, 11) is 0. The number of carbonyl (C=O) groups excluding carboxylic acids is 2. The number of ether oxygens (including phenoxy) is 3. The Morgan fingerprint density at radius 2 is 2.00 bits per heavy atom. The number of aliphatic hydroxyl groups is 1. The Bertz CT molecular complexity index is 814. The monoisotopic (exact) mass is 361 g/mol. The lowest BCUT2D eigenvalue weighted by atomic mass is 10.1. The number of hydrogen-bond donors (Lipinski definition) is 1. The lowest BCUT2D eigenvalue weighted by molar-refractivity contribution is -0.269. The average Bonchev–Trinajstić information content (AvgIpc) is 3.29. The Morgan fingerprint density at radius 1 is 1.19 bits per heavy atom. The van der Waals surface area contributed by atoms with Gasteiger partial charge in [0.1, 0.15) is 11.7 Å². The van der Waals surface area contributed by atoms with Crippen LogP contribution in [0, 0.1) is 0 Å². The molecule has 8 nitrogen and oxygen atoms in total. The summed E-state index contributed by atoms with van der Waals surface area (Å²) in [5.74, 6) is -3.85. The number of hydrogen-bond acceptors (Lipinski definition) is 8. The molecule has 2 aromatic rings. The summed E-state index contributed by atoms with van der Waals surface area (Å²) in [6.07, 6.45) is 1.71. The van der Waals surface area contributed by atoms with Gasteiger partial charge in [0.25, 0.3) is 0 Å². The molecule has 26 heavy (non-hydrogen) atoms. The minimum absolute atomic E-state index is 0.352. The van der Waals surface area contributed by atoms with E-state index in [1.54, 1.807) is 11.2 Å². The van der Waals surface area contributed by atoms with Crippen LogP contribution in [0.15, 0.2) is 34.9 Å². The number of furan rings is 1. The lowest BCUT2D eigenvalue weighted by Crippen LogP contribution is -2.52. The van der Waals surface area contributed by atoms with Crippen LogP contribution in [-0.2, 0) is 30.2 Å². The molecule has 0 saturated carbocycles. The third kappa shape index (κ3) is 2.96. The van der Waals surface area contributed by atoms with Gasteiger partial charge in [-0.15, -0.1) is 0 Å². The van der Waals surface area contributed by atoms with Crippen LogP contribution in [0.2, 0.25) is 0 Å². The zero-order valence-electron chi connectivity index (χ0n) is 14.1. The van der Waals surface area contributed by atoms with Crippen molar-refractivity contribution in [2.24, 2.45) is 0 Å². The van der Waals surface area contributed by atoms with Crippen LogP contribution in [0.25, 0.3) is 11.0 Å². The number of rotatable bonds is 6. The van der Waals surface area contributed by atoms with Crippen LogP contribution in [0.1, 0.15) is 12.0 Å². The Kier molecular flexibility index (Phi) is 4.39. The van der Waals surface area contributed by atoms with Crippen molar-refractivity contribution in [1.29, 1.82) is 0 Å². The Morgan fingerprint density at radius 3 is 2.81 bits per heavy atom. The SMILES string of the molecule is O=C1OC2(OC1=O)C(O)CCN2CCOCCc1ccc2occc2c1. The summed E-state index contributed by atoms with van der Waals surface area (Å²) in [5, 5.41) is 11.1. The minimum atomic E-state index is -1.69. The predicted molar refractivity (Wildman–Crippen MR) is 87.8 cm³/mol. The van der Waals surface area contributed by atoms with E-state index in [1.807, 2.05) is 18.2 Å². The van der Waals surface area contributed by atoms with Crippen molar-refractivity contribution < 1.29 is 33.3 Å². The largest absolute Gasteiger partial charge is 0.464 e. The number of benzene rings is 1. The zero-order valence-corrected chi connectivity index (χ0v) is 14.1. The van der Waals surface area contributed by atoms with Crippen LogP contribution in [-0.4, -0.2) is 60.3 Å². The highest BCUT2D eigenvalue weighted by atomic mass is 16.8. The van der Waals surface area contributed by atoms with Gasteiger partial charge in [0, 0.05) is 18.5 Å². The number of nitrogens with zero attached hydrogens (tertiary/aromatic N) is 1. The van der Waals surface area contributed by atoms with E-state index >= 15 is 0 Å². The van der Waals surface area contributed by atoms with Crippen LogP contribution in [0.3, 0.4) is 0 Å². The Hall–Kier alpha value is -2.42. The number of carbonyl (C=O) groups is 2. The van der Waals surface area contributed by atoms with E-state index in [-0.39, 0.29) is 0 Å². The Labute approximate surface area is 149 Å². The van der Waals surface area contributed by atoms with Crippen molar-refractivity contribution in [3.05, 3.63) is 36.1 Å². The first-order chi connectivity index (χ1) is 12.6. The molecule has 1 spiro atoms. The second kappa shape index (κ2) is 6.71. The molecule has 2 saturated heterocycles. The fourth-order valence-electron chi connectivity index (χ4n) is 3.37. The van der Waals surface area contributed by atoms with Crippen LogP contribution in [0.4, 0.5) is 0 Å². The number of fused-ring (bicyclic) bond motifs is 1. The van der Waals surface area contributed by atoms with E-state index in [0.29, 0.717) is 32.7 Å². The first-order valence-electron chi connectivity index (χ1n) is 8.52. The molecule has 0 radical (unpaired) electrons. The second-order valence-corrected chi connectivity index (χ2v) is 6.36. The number of aliphatic hydroxyl groups excluding tert-OH is 1. The van der Waals surface area contributed by atoms with Crippen molar-refractivity contribution in [3.63, 3.8) is 0 Å². The fraction of sp³-hybridized carbons (Fsp3) is 0.444. The van der Waals surface area contributed by atoms with Gasteiger partial charge in [-0.2, -0.15) is 0 Å². The molecule has 1 N–H and O–H groups in total. The number of likely N-dealkylation sites (tertiary alicyclic amines) is 1. The summed E-state index contributed by atoms with van der Waals surface area (Å²) in [4.78, 5) is 24.3.